The van der Waals surface area contributed by atoms with E-state index in [-0.39, 0.29) is 5.92 Å². The zero-order chi connectivity index (χ0) is 24.2. The third-order valence-corrected chi connectivity index (χ3v) is 6.12. The summed E-state index contributed by atoms with van der Waals surface area (Å²) < 4.78 is 12.5. The van der Waals surface area contributed by atoms with E-state index in [0.717, 1.165) is 34.1 Å². The summed E-state index contributed by atoms with van der Waals surface area (Å²) in [6.07, 6.45) is 1.08. The number of benzene rings is 2. The first-order valence-corrected chi connectivity index (χ1v) is 11.0. The number of piperidine rings is 1. The van der Waals surface area contributed by atoms with Gasteiger partial charge in [0.25, 0.3) is 0 Å². The van der Waals surface area contributed by atoms with E-state index < -0.39 is 12.1 Å². The molecule has 1 saturated heterocycles. The van der Waals surface area contributed by atoms with Crippen LogP contribution in [0.25, 0.3) is 16.9 Å². The molecule has 176 valence electrons. The minimum Gasteiger partial charge on any atom is -0.497 e. The Labute approximate surface area is 198 Å². The number of hydroxylamine groups is 2. The number of hydrogen-bond acceptors (Lipinski definition) is 6. The summed E-state index contributed by atoms with van der Waals surface area (Å²) in [5, 5.41) is 24.7. The van der Waals surface area contributed by atoms with Crippen LogP contribution < -0.4 is 9.47 Å². The molecule has 2 unspecified atom stereocenters. The first kappa shape index (κ1) is 23.1. The van der Waals surface area contributed by atoms with E-state index in [2.05, 4.69) is 6.07 Å². The van der Waals surface area contributed by atoms with Gasteiger partial charge in [0, 0.05) is 25.1 Å². The Morgan fingerprint density at radius 2 is 1.74 bits per heavy atom. The van der Waals surface area contributed by atoms with Crippen LogP contribution in [0.4, 0.5) is 4.79 Å². The Bertz CT molecular complexity index is 1120. The van der Waals surface area contributed by atoms with Crippen LogP contribution in [0.3, 0.4) is 0 Å². The molecule has 1 aliphatic heterocycles. The van der Waals surface area contributed by atoms with Gasteiger partial charge in [-0.3, -0.25) is 5.21 Å². The second-order valence-corrected chi connectivity index (χ2v) is 8.16. The second kappa shape index (κ2) is 9.85. The molecule has 1 aliphatic rings. The fourth-order valence-electron chi connectivity index (χ4n) is 4.26. The van der Waals surface area contributed by atoms with Crippen LogP contribution >= 0.6 is 0 Å². The van der Waals surface area contributed by atoms with Gasteiger partial charge < -0.3 is 14.4 Å². The predicted octanol–water partition coefficient (Wildman–Crippen LogP) is 4.07. The Balaban J connectivity index is 1.70. The van der Waals surface area contributed by atoms with Crippen molar-refractivity contribution in [3.63, 3.8) is 0 Å². The lowest BCUT2D eigenvalue weighted by atomic mass is 9.88. The summed E-state index contributed by atoms with van der Waals surface area (Å²) in [5.74, 6) is 1.52. The molecule has 34 heavy (non-hydrogen) atoms. The van der Waals surface area contributed by atoms with Gasteiger partial charge in [-0.25, -0.2) is 14.5 Å². The van der Waals surface area contributed by atoms with E-state index >= 15 is 0 Å². The van der Waals surface area contributed by atoms with E-state index in [1.54, 1.807) is 14.2 Å². The molecule has 2 atom stereocenters. The maximum Gasteiger partial charge on any atom is 0.344 e. The van der Waals surface area contributed by atoms with Crippen LogP contribution in [0.2, 0.25) is 0 Å². The molecule has 2 heterocycles. The molecule has 9 nitrogen and oxygen atoms in total. The molecule has 3 aromatic rings. The second-order valence-electron chi connectivity index (χ2n) is 8.16. The van der Waals surface area contributed by atoms with Crippen molar-refractivity contribution < 1.29 is 19.5 Å². The predicted molar refractivity (Wildman–Crippen MR) is 125 cm³/mol. The van der Waals surface area contributed by atoms with Gasteiger partial charge in [-0.2, -0.15) is 10.4 Å². The van der Waals surface area contributed by atoms with Crippen molar-refractivity contribution in [2.24, 2.45) is 0 Å². The highest BCUT2D eigenvalue weighted by atomic mass is 16.5. The molecule has 4 rings (SSSR count). The SMILES string of the molecule is COc1ccc(-c2cc(C3CCN(C(=O)N(C)O)C(C#N)C3)nn2-c2ccc(OC)cc2)cc1. The van der Waals surface area contributed by atoms with Crippen LogP contribution in [-0.2, 0) is 0 Å². The van der Waals surface area contributed by atoms with Crippen molar-refractivity contribution in [1.82, 2.24) is 19.7 Å². The molecule has 0 bridgehead atoms. The fraction of sp³-hybridized carbons (Fsp3) is 0.320. The lowest BCUT2D eigenvalue weighted by Crippen LogP contribution is -2.49. The van der Waals surface area contributed by atoms with Gasteiger partial charge in [0.1, 0.15) is 17.5 Å². The number of carbonyl (C=O) groups is 1. The van der Waals surface area contributed by atoms with Crippen molar-refractivity contribution >= 4 is 6.03 Å². The lowest BCUT2D eigenvalue weighted by molar-refractivity contribution is -0.0388. The number of methoxy groups -OCH3 is 2. The molecule has 0 saturated carbocycles. The summed E-state index contributed by atoms with van der Waals surface area (Å²) in [6.45, 7) is 0.361. The fourth-order valence-corrected chi connectivity index (χ4v) is 4.26. The third-order valence-electron chi connectivity index (χ3n) is 6.12. The maximum atomic E-state index is 12.3. The molecule has 1 N–H and O–H groups in total. The Morgan fingerprint density at radius 3 is 2.29 bits per heavy atom. The largest absolute Gasteiger partial charge is 0.497 e. The average Bonchev–Trinajstić information content (AvgIpc) is 3.33. The number of ether oxygens (including phenoxy) is 2. The number of carbonyl (C=O) groups excluding carboxylic acids is 1. The minimum atomic E-state index is -0.642. The molecular weight excluding hydrogens is 434 g/mol. The van der Waals surface area contributed by atoms with Crippen LogP contribution in [-0.4, -0.2) is 64.8 Å². The number of hydrogen-bond donors (Lipinski definition) is 1. The molecule has 0 spiro atoms. The standard InChI is InChI=1S/C25H27N5O4/c1-28(32)25(31)29-13-12-18(14-20(29)16-26)23-15-24(17-4-8-21(33-2)9-5-17)30(27-23)19-6-10-22(34-3)11-7-19/h4-11,15,18,20,32H,12-14H2,1-3H3. The van der Waals surface area contributed by atoms with E-state index in [9.17, 15) is 15.3 Å². The van der Waals surface area contributed by atoms with E-state index in [1.165, 1.54) is 11.9 Å². The number of urea groups is 1. The molecule has 1 fully saturated rings. The first-order valence-electron chi connectivity index (χ1n) is 11.0. The third kappa shape index (κ3) is 4.54. The molecule has 0 aliphatic carbocycles. The zero-order valence-electron chi connectivity index (χ0n) is 19.4. The summed E-state index contributed by atoms with van der Waals surface area (Å²) in [6, 6.07) is 18.5. The van der Waals surface area contributed by atoms with Gasteiger partial charge in [0.05, 0.1) is 37.4 Å². The molecular formula is C25H27N5O4. The van der Waals surface area contributed by atoms with Crippen LogP contribution in [0.5, 0.6) is 11.5 Å². The lowest BCUT2D eigenvalue weighted by Gasteiger charge is -2.36. The summed E-state index contributed by atoms with van der Waals surface area (Å²) in [7, 11) is 4.52. The highest BCUT2D eigenvalue weighted by Gasteiger charge is 2.35. The average molecular weight is 462 g/mol. The van der Waals surface area contributed by atoms with Crippen molar-refractivity contribution in [2.45, 2.75) is 24.8 Å². The van der Waals surface area contributed by atoms with Gasteiger partial charge >= 0.3 is 6.03 Å². The van der Waals surface area contributed by atoms with E-state index in [4.69, 9.17) is 14.6 Å². The van der Waals surface area contributed by atoms with Crippen LogP contribution in [0, 0.1) is 11.3 Å². The Morgan fingerprint density at radius 1 is 1.12 bits per heavy atom. The van der Waals surface area contributed by atoms with Gasteiger partial charge in [-0.1, -0.05) is 0 Å². The summed E-state index contributed by atoms with van der Waals surface area (Å²) >= 11 is 0. The molecule has 2 aromatic carbocycles. The number of nitrogens with zero attached hydrogens (tertiary/aromatic N) is 5. The smallest absolute Gasteiger partial charge is 0.344 e. The van der Waals surface area contributed by atoms with Crippen molar-refractivity contribution in [3.8, 4) is 34.5 Å². The van der Waals surface area contributed by atoms with Crippen LogP contribution in [0.15, 0.2) is 54.6 Å². The van der Waals surface area contributed by atoms with Crippen LogP contribution in [0.1, 0.15) is 24.5 Å². The Kier molecular flexibility index (Phi) is 6.70. The normalized spacial score (nSPS) is 17.7. The monoisotopic (exact) mass is 461 g/mol. The topological polar surface area (TPSA) is 104 Å². The number of nitriles is 1. The summed E-state index contributed by atoms with van der Waals surface area (Å²) in [5.41, 5.74) is 3.61. The van der Waals surface area contributed by atoms with Gasteiger partial charge in [-0.15, -0.1) is 0 Å². The quantitative estimate of drug-likeness (QED) is 0.454. The van der Waals surface area contributed by atoms with Gasteiger partial charge in [-0.05, 0) is 67.4 Å². The molecule has 1 aromatic heterocycles. The van der Waals surface area contributed by atoms with Gasteiger partial charge in [0.15, 0.2) is 0 Å². The first-order chi connectivity index (χ1) is 16.4. The van der Waals surface area contributed by atoms with E-state index in [0.29, 0.717) is 24.4 Å². The van der Waals surface area contributed by atoms with E-state index in [1.807, 2.05) is 59.3 Å². The van der Waals surface area contributed by atoms with Crippen molar-refractivity contribution in [1.29, 1.82) is 5.26 Å². The highest BCUT2D eigenvalue weighted by Crippen LogP contribution is 2.35. The van der Waals surface area contributed by atoms with Crippen molar-refractivity contribution in [3.05, 3.63) is 60.3 Å². The number of rotatable bonds is 5. The maximum absolute atomic E-state index is 12.3. The highest BCUT2D eigenvalue weighted by molar-refractivity contribution is 5.74. The molecule has 0 radical (unpaired) electrons. The van der Waals surface area contributed by atoms with Crippen molar-refractivity contribution in [2.75, 3.05) is 27.8 Å². The zero-order valence-corrected chi connectivity index (χ0v) is 19.4. The molecule has 9 heteroatoms. The minimum absolute atomic E-state index is 0.00537. The number of amides is 2. The molecule has 2 amide bonds. The van der Waals surface area contributed by atoms with Gasteiger partial charge in [0.2, 0.25) is 0 Å². The number of aromatic nitrogens is 2. The summed E-state index contributed by atoms with van der Waals surface area (Å²) in [4.78, 5) is 13.7. The Hall–Kier alpha value is -4.03. The number of likely N-dealkylation sites (tertiary alicyclic amines) is 1.